The second kappa shape index (κ2) is 16.4. The summed E-state index contributed by atoms with van der Waals surface area (Å²) in [6.07, 6.45) is 1.40. The molecule has 6 N–H and O–H groups in total. The Morgan fingerprint density at radius 3 is 2.37 bits per heavy atom. The summed E-state index contributed by atoms with van der Waals surface area (Å²) in [6, 6.07) is 21.2. The maximum Gasteiger partial charge on any atom is 0.319 e. The molecule has 4 aromatic carbocycles. The van der Waals surface area contributed by atoms with Crippen molar-refractivity contribution in [3.05, 3.63) is 95.2 Å². The van der Waals surface area contributed by atoms with Crippen LogP contribution in [0.4, 0.5) is 17.5 Å². The first kappa shape index (κ1) is 38.8. The number of aromatic nitrogens is 5. The minimum atomic E-state index is -0.368. The summed E-state index contributed by atoms with van der Waals surface area (Å²) in [7, 11) is 0. The fraction of sp³-hybridized carbons (Fsp3) is 0.302. The number of hydrogen-bond donors (Lipinski definition) is 6. The quantitative estimate of drug-likeness (QED) is 0.106. The van der Waals surface area contributed by atoms with Crippen LogP contribution in [0.1, 0.15) is 42.7 Å². The highest BCUT2D eigenvalue weighted by atomic mass is 16.3. The van der Waals surface area contributed by atoms with Gasteiger partial charge in [0.25, 0.3) is 0 Å². The maximum absolute atomic E-state index is 13.0. The molecule has 0 atom stereocenters. The number of amides is 2. The number of aryl methyl sites for hydroxylation is 1. The molecule has 0 spiro atoms. The summed E-state index contributed by atoms with van der Waals surface area (Å²) < 4.78 is 1.39. The molecule has 0 unspecified atom stereocenters. The maximum atomic E-state index is 13.0. The fourth-order valence-electron chi connectivity index (χ4n) is 7.84. The number of hydrogen-bond acceptors (Lipinski definition) is 13. The number of anilines is 3. The number of rotatable bonds is 11. The van der Waals surface area contributed by atoms with Crippen LogP contribution >= 0.6 is 0 Å². The predicted octanol–water partition coefficient (Wildman–Crippen LogP) is 4.61. The van der Waals surface area contributed by atoms with E-state index in [-0.39, 0.29) is 53.9 Å². The second-order valence-corrected chi connectivity index (χ2v) is 14.8. The van der Waals surface area contributed by atoms with Gasteiger partial charge in [-0.1, -0.05) is 48.4 Å². The van der Waals surface area contributed by atoms with Gasteiger partial charge < -0.3 is 45.8 Å². The summed E-state index contributed by atoms with van der Waals surface area (Å²) >= 11 is 0. The van der Waals surface area contributed by atoms with Crippen molar-refractivity contribution in [3.63, 3.8) is 0 Å². The van der Waals surface area contributed by atoms with E-state index in [0.717, 1.165) is 39.1 Å². The van der Waals surface area contributed by atoms with Gasteiger partial charge in [0.15, 0.2) is 5.82 Å². The molecule has 8 rings (SSSR count). The Morgan fingerprint density at radius 1 is 0.831 bits per heavy atom. The van der Waals surface area contributed by atoms with Gasteiger partial charge in [0, 0.05) is 87.9 Å². The van der Waals surface area contributed by atoms with Crippen LogP contribution < -0.4 is 20.4 Å². The van der Waals surface area contributed by atoms with E-state index in [0.29, 0.717) is 81.4 Å². The van der Waals surface area contributed by atoms with E-state index < -0.39 is 0 Å². The van der Waals surface area contributed by atoms with Crippen molar-refractivity contribution in [1.29, 1.82) is 0 Å². The van der Waals surface area contributed by atoms with Crippen molar-refractivity contribution >= 4 is 40.0 Å². The van der Waals surface area contributed by atoms with Crippen molar-refractivity contribution < 1.29 is 30.0 Å². The Kier molecular flexibility index (Phi) is 10.8. The number of carbonyl (C=O) groups excluding carboxylic acids is 2. The molecule has 2 aromatic heterocycles. The summed E-state index contributed by atoms with van der Waals surface area (Å²) in [5.41, 5.74) is 5.15. The average Bonchev–Trinajstić information content (AvgIpc) is 3.62. The van der Waals surface area contributed by atoms with Gasteiger partial charge in [-0.2, -0.15) is 4.98 Å². The van der Waals surface area contributed by atoms with E-state index in [4.69, 9.17) is 9.97 Å². The largest absolute Gasteiger partial charge is 0.508 e. The lowest BCUT2D eigenvalue weighted by Crippen LogP contribution is -2.49. The summed E-state index contributed by atoms with van der Waals surface area (Å²) in [4.78, 5) is 41.3. The molecule has 2 aliphatic rings. The molecule has 0 aliphatic carbocycles. The molecular formula is C43H46N10O6. The van der Waals surface area contributed by atoms with Crippen molar-refractivity contribution in [1.82, 2.24) is 34.9 Å². The van der Waals surface area contributed by atoms with Crippen molar-refractivity contribution in [2.75, 3.05) is 54.4 Å². The molecule has 0 saturated carbocycles. The number of nitrogens with zero attached hydrogens (tertiary/aromatic N) is 8. The van der Waals surface area contributed by atoms with Gasteiger partial charge >= 0.3 is 6.01 Å². The summed E-state index contributed by atoms with van der Waals surface area (Å²) in [5.74, 6) is 1.32. The van der Waals surface area contributed by atoms with E-state index in [1.165, 1.54) is 10.6 Å². The highest BCUT2D eigenvalue weighted by Crippen LogP contribution is 2.38. The van der Waals surface area contributed by atoms with Gasteiger partial charge in [-0.3, -0.25) is 9.59 Å². The number of benzene rings is 4. The Morgan fingerprint density at radius 2 is 1.61 bits per heavy atom. The number of phenols is 3. The molecule has 2 aliphatic heterocycles. The van der Waals surface area contributed by atoms with E-state index in [1.54, 1.807) is 37.3 Å². The minimum Gasteiger partial charge on any atom is -0.508 e. The van der Waals surface area contributed by atoms with Gasteiger partial charge in [0.1, 0.15) is 23.1 Å². The first-order chi connectivity index (χ1) is 28.6. The van der Waals surface area contributed by atoms with Crippen LogP contribution in [0.5, 0.6) is 23.3 Å². The summed E-state index contributed by atoms with van der Waals surface area (Å²) in [6.45, 7) is 7.77. The minimum absolute atomic E-state index is 0.0305. The van der Waals surface area contributed by atoms with Gasteiger partial charge in [-0.25, -0.2) is 9.55 Å². The molecule has 1 saturated heterocycles. The van der Waals surface area contributed by atoms with Crippen molar-refractivity contribution in [2.45, 2.75) is 46.2 Å². The fourth-order valence-corrected chi connectivity index (χ4v) is 7.84. The third kappa shape index (κ3) is 8.06. The van der Waals surface area contributed by atoms with E-state index in [1.807, 2.05) is 42.2 Å². The number of fused-ring (bicyclic) bond motifs is 2. The molecule has 4 heterocycles. The molecule has 0 radical (unpaired) electrons. The standard InChI is InChI=1S/C43H46N10O6/c1-3-28-21-34(38(57)23-37(28)56)41-48-49-43(59)53(41)30-10-8-27(9-11-30)24-45-39(58)12-14-44-42-46-35-25-52(36-22-31(55)20-29-6-4-5-7-32(29)36)15-13-33(35)40(47-42)51-18-16-50(17-19-51)26(2)54/h4-11,20-23,55-57H,3,12-19,24-25H2,1-2H3,(H,45,58)(H,49,59)(H,44,46,47). The number of piperazine rings is 1. The van der Waals surface area contributed by atoms with E-state index >= 15 is 0 Å². The zero-order valence-corrected chi connectivity index (χ0v) is 32.9. The summed E-state index contributed by atoms with van der Waals surface area (Å²) in [5, 5.41) is 58.0. The molecule has 16 nitrogen and oxygen atoms in total. The predicted molar refractivity (Wildman–Crippen MR) is 223 cm³/mol. The Labute approximate surface area is 340 Å². The molecule has 2 amide bonds. The van der Waals surface area contributed by atoms with Crippen LogP contribution in [0.2, 0.25) is 0 Å². The smallest absolute Gasteiger partial charge is 0.319 e. The van der Waals surface area contributed by atoms with Crippen LogP contribution in [-0.4, -0.2) is 101 Å². The highest BCUT2D eigenvalue weighted by molar-refractivity contribution is 5.95. The third-order valence-electron chi connectivity index (χ3n) is 11.0. The Balaban J connectivity index is 0.934. The SMILES string of the molecule is CCc1cc(-c2nnc(O)n2-c2ccc(CNC(=O)CCNc3nc4c(c(N5CCN(C(C)=O)CC5)n3)CCN(c3cc(O)cc5ccccc35)C4)cc2)c(O)cc1O. The van der Waals surface area contributed by atoms with Crippen LogP contribution in [-0.2, 0) is 35.5 Å². The molecule has 59 heavy (non-hydrogen) atoms. The van der Waals surface area contributed by atoms with E-state index in [2.05, 4.69) is 36.7 Å². The molecule has 16 heteroatoms. The number of carbonyl (C=O) groups is 2. The lowest BCUT2D eigenvalue weighted by molar-refractivity contribution is -0.129. The highest BCUT2D eigenvalue weighted by Gasteiger charge is 2.29. The molecule has 304 valence electrons. The van der Waals surface area contributed by atoms with Gasteiger partial charge in [-0.05, 0) is 53.6 Å². The molecule has 6 aromatic rings. The Bertz CT molecular complexity index is 2530. The van der Waals surface area contributed by atoms with Gasteiger partial charge in [-0.15, -0.1) is 5.10 Å². The molecule has 0 bridgehead atoms. The Hall–Kier alpha value is -7.10. The van der Waals surface area contributed by atoms with Crippen LogP contribution in [0, 0.1) is 0 Å². The number of phenolic OH excluding ortho intramolecular Hbond substituents is 3. The van der Waals surface area contributed by atoms with Crippen LogP contribution in [0.25, 0.3) is 27.8 Å². The van der Waals surface area contributed by atoms with Gasteiger partial charge in [0.2, 0.25) is 17.8 Å². The lowest BCUT2D eigenvalue weighted by atomic mass is 10.0. The van der Waals surface area contributed by atoms with Crippen molar-refractivity contribution in [3.8, 4) is 40.3 Å². The monoisotopic (exact) mass is 798 g/mol. The second-order valence-electron chi connectivity index (χ2n) is 14.8. The molecule has 1 fully saturated rings. The number of aromatic hydroxyl groups is 4. The number of nitrogens with one attached hydrogen (secondary N) is 2. The molecular weight excluding hydrogens is 753 g/mol. The van der Waals surface area contributed by atoms with E-state index in [9.17, 15) is 30.0 Å². The zero-order valence-electron chi connectivity index (χ0n) is 32.9. The normalized spacial score (nSPS) is 14.0. The average molecular weight is 799 g/mol. The third-order valence-corrected chi connectivity index (χ3v) is 11.0. The van der Waals surface area contributed by atoms with Gasteiger partial charge in [0.05, 0.1) is 23.5 Å². The lowest BCUT2D eigenvalue weighted by Gasteiger charge is -2.38. The topological polar surface area (TPSA) is 205 Å². The first-order valence-corrected chi connectivity index (χ1v) is 19.7. The first-order valence-electron chi connectivity index (χ1n) is 19.7. The zero-order chi connectivity index (χ0) is 41.2. The van der Waals surface area contributed by atoms with Crippen LogP contribution in [0.15, 0.2) is 72.8 Å². The van der Waals surface area contributed by atoms with Crippen molar-refractivity contribution in [2.24, 2.45) is 0 Å². The van der Waals surface area contributed by atoms with Crippen LogP contribution in [0.3, 0.4) is 0 Å².